The van der Waals surface area contributed by atoms with Crippen LogP contribution in [0.15, 0.2) is 47.4 Å². The van der Waals surface area contributed by atoms with E-state index in [-0.39, 0.29) is 4.90 Å². The van der Waals surface area contributed by atoms with Gasteiger partial charge >= 0.3 is 0 Å². The molecule has 1 heterocycles. The lowest BCUT2D eigenvalue weighted by Gasteiger charge is -2.25. The van der Waals surface area contributed by atoms with Crippen LogP contribution in [-0.4, -0.2) is 30.7 Å². The van der Waals surface area contributed by atoms with Gasteiger partial charge in [-0.3, -0.25) is 13.8 Å². The zero-order valence-electron chi connectivity index (χ0n) is 19.7. The van der Waals surface area contributed by atoms with Crippen molar-refractivity contribution < 1.29 is 13.2 Å². The highest BCUT2D eigenvalue weighted by Crippen LogP contribution is 2.29. The molecular formula is C24H29ClN4O3S. The summed E-state index contributed by atoms with van der Waals surface area (Å²) in [6.45, 7) is 8.93. The minimum Gasteiger partial charge on any atom is -0.324 e. The Kier molecular flexibility index (Phi) is 7.19. The Bertz CT molecular complexity index is 1280. The molecule has 0 bridgehead atoms. The largest absolute Gasteiger partial charge is 0.324 e. The van der Waals surface area contributed by atoms with Crippen molar-refractivity contribution in [1.82, 2.24) is 9.78 Å². The molecule has 1 aromatic heterocycles. The van der Waals surface area contributed by atoms with Crippen LogP contribution in [0, 0.1) is 20.8 Å². The number of hydrogen-bond acceptors (Lipinski definition) is 4. The summed E-state index contributed by atoms with van der Waals surface area (Å²) in [5, 5.41) is 7.52. The van der Waals surface area contributed by atoms with Gasteiger partial charge in [-0.25, -0.2) is 8.42 Å². The molecule has 33 heavy (non-hydrogen) atoms. The number of rotatable bonds is 7. The SMILES string of the molecule is Cc1ccc(NC(=O)CN(c2ccc(C(C)C)cc2)S(=O)(=O)c2c(C)nn(C)c2C)cc1Cl. The number of anilines is 2. The third kappa shape index (κ3) is 5.23. The van der Waals surface area contributed by atoms with Crippen LogP contribution in [0.5, 0.6) is 0 Å². The average molecular weight is 489 g/mol. The maximum Gasteiger partial charge on any atom is 0.268 e. The highest BCUT2D eigenvalue weighted by Gasteiger charge is 2.32. The smallest absolute Gasteiger partial charge is 0.268 e. The molecule has 0 atom stereocenters. The van der Waals surface area contributed by atoms with Gasteiger partial charge in [-0.15, -0.1) is 0 Å². The number of hydrogen-bond donors (Lipinski definition) is 1. The number of carbonyl (C=O) groups is 1. The summed E-state index contributed by atoms with van der Waals surface area (Å²) in [7, 11) is -2.38. The molecule has 3 aromatic rings. The van der Waals surface area contributed by atoms with Gasteiger partial charge in [0.25, 0.3) is 10.0 Å². The first-order valence-electron chi connectivity index (χ1n) is 10.6. The molecule has 2 aromatic carbocycles. The molecule has 0 spiro atoms. The van der Waals surface area contributed by atoms with Crippen molar-refractivity contribution in [3.05, 3.63) is 70.0 Å². The van der Waals surface area contributed by atoms with E-state index < -0.39 is 22.5 Å². The quantitative estimate of drug-likeness (QED) is 0.509. The lowest BCUT2D eigenvalue weighted by Crippen LogP contribution is -2.38. The molecule has 0 fully saturated rings. The molecule has 176 valence electrons. The Morgan fingerprint density at radius 3 is 2.27 bits per heavy atom. The first-order chi connectivity index (χ1) is 15.4. The van der Waals surface area contributed by atoms with Gasteiger partial charge in [-0.2, -0.15) is 5.10 Å². The van der Waals surface area contributed by atoms with Crippen LogP contribution in [0.1, 0.15) is 42.3 Å². The fraction of sp³-hybridized carbons (Fsp3) is 0.333. The van der Waals surface area contributed by atoms with E-state index in [2.05, 4.69) is 24.3 Å². The number of carbonyl (C=O) groups excluding carboxylic acids is 1. The van der Waals surface area contributed by atoms with Crippen LogP contribution in [0.3, 0.4) is 0 Å². The van der Waals surface area contributed by atoms with E-state index >= 15 is 0 Å². The molecule has 0 saturated heterocycles. The van der Waals surface area contributed by atoms with Crippen molar-refractivity contribution in [2.24, 2.45) is 7.05 Å². The summed E-state index contributed by atoms with van der Waals surface area (Å²) in [6.07, 6.45) is 0. The van der Waals surface area contributed by atoms with Crippen LogP contribution in [0.2, 0.25) is 5.02 Å². The standard InChI is InChI=1S/C24H29ClN4O3S/c1-15(2)19-8-11-21(12-9-19)29(33(31,32)24-17(4)27-28(6)18(24)5)14-23(30)26-20-10-7-16(3)22(25)13-20/h7-13,15H,14H2,1-6H3,(H,26,30). The van der Waals surface area contributed by atoms with Crippen LogP contribution in [0.25, 0.3) is 0 Å². The van der Waals surface area contributed by atoms with Crippen LogP contribution >= 0.6 is 11.6 Å². The van der Waals surface area contributed by atoms with Crippen molar-refractivity contribution in [2.75, 3.05) is 16.2 Å². The van der Waals surface area contributed by atoms with Crippen LogP contribution in [-0.2, 0) is 21.9 Å². The predicted molar refractivity (Wildman–Crippen MR) is 133 cm³/mol. The molecule has 1 N–H and O–H groups in total. The van der Waals surface area contributed by atoms with Crippen LogP contribution in [0.4, 0.5) is 11.4 Å². The lowest BCUT2D eigenvalue weighted by molar-refractivity contribution is -0.114. The van der Waals surface area contributed by atoms with Gasteiger partial charge in [0.05, 0.1) is 17.1 Å². The monoisotopic (exact) mass is 488 g/mol. The Morgan fingerprint density at radius 1 is 1.12 bits per heavy atom. The second-order valence-electron chi connectivity index (χ2n) is 8.39. The first kappa shape index (κ1) is 24.8. The number of halogens is 1. The minimum absolute atomic E-state index is 0.101. The maximum atomic E-state index is 13.8. The molecule has 0 unspecified atom stereocenters. The van der Waals surface area contributed by atoms with Crippen LogP contribution < -0.4 is 9.62 Å². The number of nitrogens with zero attached hydrogens (tertiary/aromatic N) is 3. The molecule has 0 radical (unpaired) electrons. The summed E-state index contributed by atoms with van der Waals surface area (Å²) < 4.78 is 30.2. The van der Waals surface area contributed by atoms with Gasteiger partial charge < -0.3 is 5.32 Å². The molecule has 1 amide bonds. The normalized spacial score (nSPS) is 11.6. The summed E-state index contributed by atoms with van der Waals surface area (Å²) in [6, 6.07) is 12.4. The summed E-state index contributed by atoms with van der Waals surface area (Å²) in [4.78, 5) is 13.0. The second-order valence-corrected chi connectivity index (χ2v) is 10.6. The van der Waals surface area contributed by atoms with Crippen molar-refractivity contribution in [1.29, 1.82) is 0 Å². The van der Waals surface area contributed by atoms with E-state index in [1.807, 2.05) is 19.1 Å². The van der Waals surface area contributed by atoms with E-state index in [1.165, 1.54) is 4.68 Å². The van der Waals surface area contributed by atoms with E-state index in [0.29, 0.717) is 33.7 Å². The van der Waals surface area contributed by atoms with Crippen molar-refractivity contribution in [3.8, 4) is 0 Å². The van der Waals surface area contributed by atoms with E-state index in [1.54, 1.807) is 51.2 Å². The molecule has 3 rings (SSSR count). The van der Waals surface area contributed by atoms with Gasteiger partial charge in [0.2, 0.25) is 5.91 Å². The minimum atomic E-state index is -4.07. The van der Waals surface area contributed by atoms with Gasteiger partial charge in [0.15, 0.2) is 0 Å². The number of aryl methyl sites for hydroxylation is 3. The second kappa shape index (κ2) is 9.57. The Morgan fingerprint density at radius 2 is 1.76 bits per heavy atom. The predicted octanol–water partition coefficient (Wildman–Crippen LogP) is 4.96. The number of sulfonamides is 1. The Labute approximate surface area is 200 Å². The Balaban J connectivity index is 2.01. The lowest BCUT2D eigenvalue weighted by atomic mass is 10.0. The third-order valence-electron chi connectivity index (χ3n) is 5.58. The molecule has 7 nitrogen and oxygen atoms in total. The van der Waals surface area contributed by atoms with E-state index in [0.717, 1.165) is 15.4 Å². The topological polar surface area (TPSA) is 84.3 Å². The highest BCUT2D eigenvalue weighted by atomic mass is 35.5. The Hall–Kier alpha value is -2.84. The third-order valence-corrected chi connectivity index (χ3v) is 8.02. The average Bonchev–Trinajstić information content (AvgIpc) is 3.00. The number of benzene rings is 2. The van der Waals surface area contributed by atoms with Gasteiger partial charge in [0, 0.05) is 17.8 Å². The molecule has 9 heteroatoms. The molecular weight excluding hydrogens is 460 g/mol. The highest BCUT2D eigenvalue weighted by molar-refractivity contribution is 7.93. The maximum absolute atomic E-state index is 13.8. The fourth-order valence-corrected chi connectivity index (χ4v) is 5.59. The number of nitrogens with one attached hydrogen (secondary N) is 1. The van der Waals surface area contributed by atoms with E-state index in [4.69, 9.17) is 11.6 Å². The molecule has 0 saturated carbocycles. The summed E-state index contributed by atoms with van der Waals surface area (Å²) in [5.74, 6) is -0.188. The summed E-state index contributed by atoms with van der Waals surface area (Å²) in [5.41, 5.74) is 3.73. The molecule has 0 aliphatic heterocycles. The number of amides is 1. The first-order valence-corrected chi connectivity index (χ1v) is 12.4. The zero-order valence-corrected chi connectivity index (χ0v) is 21.3. The van der Waals surface area contributed by atoms with Crippen molar-refractivity contribution in [2.45, 2.75) is 45.4 Å². The number of aromatic nitrogens is 2. The van der Waals surface area contributed by atoms with E-state index in [9.17, 15) is 13.2 Å². The van der Waals surface area contributed by atoms with Gasteiger partial charge in [-0.05, 0) is 62.1 Å². The van der Waals surface area contributed by atoms with Gasteiger partial charge in [-0.1, -0.05) is 43.6 Å². The molecule has 0 aliphatic carbocycles. The fourth-order valence-electron chi connectivity index (χ4n) is 3.58. The van der Waals surface area contributed by atoms with Crippen molar-refractivity contribution >= 4 is 38.9 Å². The summed E-state index contributed by atoms with van der Waals surface area (Å²) >= 11 is 6.16. The van der Waals surface area contributed by atoms with Crippen molar-refractivity contribution in [3.63, 3.8) is 0 Å². The molecule has 0 aliphatic rings. The zero-order chi connectivity index (χ0) is 24.5. The van der Waals surface area contributed by atoms with Gasteiger partial charge in [0.1, 0.15) is 11.4 Å².